The molecule has 268 valence electrons. The average molecular weight is 722 g/mol. The Balaban J connectivity index is 0.00000126. The molecule has 10 nitrogen and oxygen atoms in total. The molecular weight excluding hydrogens is 680 g/mol. The summed E-state index contributed by atoms with van der Waals surface area (Å²) in [6, 6.07) is 7.92. The Labute approximate surface area is 278 Å². The van der Waals surface area contributed by atoms with Gasteiger partial charge in [-0.3, -0.25) is 10.2 Å². The third-order valence-electron chi connectivity index (χ3n) is 6.75. The van der Waals surface area contributed by atoms with Crippen LogP contribution < -0.4 is 21.3 Å². The average Bonchev–Trinajstić information content (AvgIpc) is 3.37. The first-order valence-electron chi connectivity index (χ1n) is 14.2. The van der Waals surface area contributed by atoms with Gasteiger partial charge in [0.05, 0.1) is 0 Å². The molecule has 18 heteroatoms. The van der Waals surface area contributed by atoms with Gasteiger partial charge in [0.25, 0.3) is 0 Å². The fraction of sp³-hybridized carbons (Fsp3) is 0.586. The number of carboxylic acid groups (broad SMARTS) is 3. The molecule has 0 bridgehead atoms. The molecule has 1 heterocycles. The van der Waals surface area contributed by atoms with Gasteiger partial charge >= 0.3 is 24.2 Å². The third-order valence-corrected chi connectivity index (χ3v) is 7.86. The highest BCUT2D eigenvalue weighted by Gasteiger charge is 2.40. The molecule has 47 heavy (non-hydrogen) atoms. The number of nitrogens with two attached hydrogens (primary N) is 1. The van der Waals surface area contributed by atoms with E-state index in [2.05, 4.69) is 67.5 Å². The molecule has 6 N–H and O–H groups in total. The number of halogens is 6. The van der Waals surface area contributed by atoms with Crippen LogP contribution in [0.3, 0.4) is 0 Å². The van der Waals surface area contributed by atoms with Crippen molar-refractivity contribution in [1.82, 2.24) is 4.90 Å². The zero-order valence-corrected chi connectivity index (χ0v) is 27.8. The summed E-state index contributed by atoms with van der Waals surface area (Å²) in [6.45, 7) is 5.87. The van der Waals surface area contributed by atoms with E-state index in [1.165, 1.54) is 16.4 Å². The minimum absolute atomic E-state index is 0.0603. The summed E-state index contributed by atoms with van der Waals surface area (Å²) in [5.74, 6) is -4.72. The molecule has 1 aromatic rings. The predicted octanol–water partition coefficient (Wildman–Crippen LogP) is 0.0330. The summed E-state index contributed by atoms with van der Waals surface area (Å²) < 4.78 is 63.1. The van der Waals surface area contributed by atoms with Crippen LogP contribution in [0.25, 0.3) is 0 Å². The van der Waals surface area contributed by atoms with Gasteiger partial charge in [0.15, 0.2) is 6.04 Å². The van der Waals surface area contributed by atoms with Gasteiger partial charge in [-0.25, -0.2) is 9.59 Å². The molecule has 1 aliphatic heterocycles. The molecule has 1 fully saturated rings. The Bertz CT molecular complexity index is 1140. The van der Waals surface area contributed by atoms with Gasteiger partial charge in [-0.15, -0.1) is 0 Å². The lowest BCUT2D eigenvalue weighted by atomic mass is 9.94. The van der Waals surface area contributed by atoms with E-state index < -0.39 is 36.3 Å². The first-order chi connectivity index (χ1) is 21.6. The Kier molecular flexibility index (Phi) is 20.0. The second-order valence-corrected chi connectivity index (χ2v) is 12.3. The van der Waals surface area contributed by atoms with Crippen molar-refractivity contribution in [2.45, 2.75) is 69.5 Å². The van der Waals surface area contributed by atoms with Crippen LogP contribution in [0, 0.1) is 5.92 Å². The lowest BCUT2D eigenvalue weighted by Gasteiger charge is -2.21. The lowest BCUT2D eigenvalue weighted by molar-refractivity contribution is -0.596. The first kappa shape index (κ1) is 44.2. The number of nitrogens with zero attached hydrogens (tertiary/aromatic N) is 1. The molecule has 0 unspecified atom stereocenters. The molecule has 0 aromatic heterocycles. The van der Waals surface area contributed by atoms with Gasteiger partial charge in [0.2, 0.25) is 0 Å². The van der Waals surface area contributed by atoms with E-state index >= 15 is 0 Å². The summed E-state index contributed by atoms with van der Waals surface area (Å²) >= 11 is 5.88. The molecule has 2 rings (SSSR count). The summed E-state index contributed by atoms with van der Waals surface area (Å²) in [7, 11) is 0. The van der Waals surface area contributed by atoms with Crippen LogP contribution in [0.15, 0.2) is 36.4 Å². The Morgan fingerprint density at radius 3 is 2.00 bits per heavy atom. The Morgan fingerprint density at radius 2 is 1.60 bits per heavy atom. The molecule has 0 spiro atoms. The van der Waals surface area contributed by atoms with Crippen molar-refractivity contribution in [1.29, 1.82) is 0 Å². The highest BCUT2D eigenvalue weighted by atomic mass is 32.2. The number of likely N-dealkylation sites (tertiary alicyclic amines) is 1. The maximum Gasteiger partial charge on any atom is 0.430 e. The molecule has 0 aliphatic carbocycles. The second kappa shape index (κ2) is 21.2. The van der Waals surface area contributed by atoms with Crippen molar-refractivity contribution in [3.8, 4) is 0 Å². The van der Waals surface area contributed by atoms with Crippen LogP contribution >= 0.6 is 24.4 Å². The molecular formula is C29H41F6N3O7S2. The minimum atomic E-state index is -5.19. The topological polar surface area (TPSA) is 182 Å². The van der Waals surface area contributed by atoms with Gasteiger partial charge in [-0.1, -0.05) is 44.2 Å². The van der Waals surface area contributed by atoms with Crippen molar-refractivity contribution >= 4 is 48.2 Å². The van der Waals surface area contributed by atoms with Crippen molar-refractivity contribution in [2.75, 3.05) is 30.9 Å². The number of carboxylic acids is 3. The number of carbonyl (C=O) groups excluding carboxylic acids is 3. The fourth-order valence-corrected chi connectivity index (χ4v) is 4.91. The maximum atomic E-state index is 13.2. The van der Waals surface area contributed by atoms with Gasteiger partial charge in [-0.2, -0.15) is 50.7 Å². The van der Waals surface area contributed by atoms with E-state index in [9.17, 15) is 41.0 Å². The fourth-order valence-electron chi connectivity index (χ4n) is 4.30. The molecule has 1 aliphatic rings. The zero-order chi connectivity index (χ0) is 36.5. The van der Waals surface area contributed by atoms with Crippen LogP contribution in [-0.4, -0.2) is 95.2 Å². The highest BCUT2D eigenvalue weighted by Crippen LogP contribution is 2.27. The van der Waals surface area contributed by atoms with Gasteiger partial charge in [0.1, 0.15) is 24.0 Å². The summed E-state index contributed by atoms with van der Waals surface area (Å²) in [4.78, 5) is 44.6. The van der Waals surface area contributed by atoms with Gasteiger partial charge in [-0.05, 0) is 53.9 Å². The van der Waals surface area contributed by atoms with Gasteiger partial charge < -0.3 is 30.6 Å². The molecule has 1 amide bonds. The van der Waals surface area contributed by atoms with E-state index in [0.717, 1.165) is 25.1 Å². The maximum absolute atomic E-state index is 13.2. The first-order valence-corrected chi connectivity index (χ1v) is 16.3. The van der Waals surface area contributed by atoms with Crippen molar-refractivity contribution < 1.29 is 71.9 Å². The number of hydrogen-bond donors (Lipinski definition) is 4. The van der Waals surface area contributed by atoms with Crippen molar-refractivity contribution in [2.24, 2.45) is 5.92 Å². The van der Waals surface area contributed by atoms with Crippen LogP contribution in [0.2, 0.25) is 0 Å². The lowest BCUT2D eigenvalue weighted by Crippen LogP contribution is -2.97. The second-order valence-electron chi connectivity index (χ2n) is 10.9. The number of rotatable bonds is 13. The van der Waals surface area contributed by atoms with E-state index in [1.807, 2.05) is 12.3 Å². The molecule has 0 radical (unpaired) electrons. The van der Waals surface area contributed by atoms with E-state index in [-0.39, 0.29) is 18.0 Å². The van der Waals surface area contributed by atoms with E-state index in [0.29, 0.717) is 30.6 Å². The van der Waals surface area contributed by atoms with Crippen LogP contribution in [-0.2, 0) is 25.6 Å². The van der Waals surface area contributed by atoms with Crippen LogP contribution in [0.4, 0.5) is 26.3 Å². The number of aliphatic carboxylic acids is 3. The molecule has 0 saturated carbocycles. The monoisotopic (exact) mass is 721 g/mol. The van der Waals surface area contributed by atoms with Crippen molar-refractivity contribution in [3.05, 3.63) is 47.5 Å². The van der Waals surface area contributed by atoms with Crippen LogP contribution in [0.5, 0.6) is 0 Å². The number of primary amides is 1. The zero-order valence-electron chi connectivity index (χ0n) is 26.1. The normalized spacial score (nSPS) is 18.1. The number of alkyl halides is 6. The number of quaternary nitrogens is 2. The smallest absolute Gasteiger partial charge is 0.430 e. The quantitative estimate of drug-likeness (QED) is 0.124. The standard InChI is InChI=1S/C25H39N3O3S2.2C2HF3O2/c1-17(2)20-8-6-18(7-9-20)13-19-14-23(28(15-19)11-4-5-21(26)16-32)24(29)27-22(25(30)31)10-12-33-3;2*3-2(4,5)1(6)7/h4-9,17,19,21-23,32H,10-16,26H2,1-3H3,(H,27,29)(H,30,31);2*(H,6,7)/b5-4+;;/t19-,21+,22-,23-;;/m0../s1. The number of hydrogen-bond acceptors (Lipinski definition) is 9. The molecule has 1 aromatic carbocycles. The summed E-state index contributed by atoms with van der Waals surface area (Å²) in [5.41, 5.74) is 6.65. The Hall–Kier alpha value is -2.80. The SMILES string of the molecule is CSCC[C@H]([NH2+]C(=O)[C@@H]1C[C@H](Cc2ccc(C(C)C)cc2)CN1C/C=C/[C@@H]([NH3+])CS)C(=O)O.O=C([O-])C(F)(F)F.O=C([O-])C(F)(F)F. The number of thiol groups is 1. The third kappa shape index (κ3) is 18.4. The predicted molar refractivity (Wildman–Crippen MR) is 161 cm³/mol. The number of carbonyl (C=O) groups is 4. The number of thioether (sulfide) groups is 1. The van der Waals surface area contributed by atoms with E-state index in [1.54, 1.807) is 11.8 Å². The Morgan fingerprint density at radius 1 is 1.09 bits per heavy atom. The van der Waals surface area contributed by atoms with E-state index in [4.69, 9.17) is 19.8 Å². The molecule has 4 atom stereocenters. The molecule has 1 saturated heterocycles. The van der Waals surface area contributed by atoms with Crippen LogP contribution in [0.1, 0.15) is 43.7 Å². The minimum Gasteiger partial charge on any atom is -0.542 e. The highest BCUT2D eigenvalue weighted by molar-refractivity contribution is 7.98. The summed E-state index contributed by atoms with van der Waals surface area (Å²) in [6.07, 6.45) is -2.18. The number of benzene rings is 1. The van der Waals surface area contributed by atoms with Gasteiger partial charge in [0, 0.05) is 25.3 Å². The summed E-state index contributed by atoms with van der Waals surface area (Å²) in [5, 5.41) is 28.6. The number of amides is 1. The van der Waals surface area contributed by atoms with Crippen molar-refractivity contribution in [3.63, 3.8) is 0 Å². The largest absolute Gasteiger partial charge is 0.542 e.